The lowest BCUT2D eigenvalue weighted by molar-refractivity contribution is 0.0794. The first kappa shape index (κ1) is 13.4. The van der Waals surface area contributed by atoms with Crippen LogP contribution in [0, 0.1) is 19.8 Å². The Morgan fingerprint density at radius 3 is 2.85 bits per heavy atom. The van der Waals surface area contributed by atoms with Crippen LogP contribution in [0.4, 0.5) is 5.69 Å². The molecule has 0 aliphatic heterocycles. The number of hydrogen-bond acceptors (Lipinski definition) is 4. The van der Waals surface area contributed by atoms with Crippen molar-refractivity contribution >= 4 is 33.1 Å². The van der Waals surface area contributed by atoms with Gasteiger partial charge in [0.2, 0.25) is 0 Å². The van der Waals surface area contributed by atoms with Gasteiger partial charge in [-0.1, -0.05) is 0 Å². The predicted molar refractivity (Wildman–Crippen MR) is 83.2 cm³/mol. The van der Waals surface area contributed by atoms with E-state index >= 15 is 0 Å². The number of fused-ring (bicyclic) bond motifs is 1. The number of carbonyl (C=O) groups excluding carboxylic acids is 1. The molecule has 20 heavy (non-hydrogen) atoms. The molecule has 2 aromatic rings. The number of nitrogen functional groups attached to an aromatic ring is 1. The summed E-state index contributed by atoms with van der Waals surface area (Å²) in [6, 6.07) is 2.01. The third-order valence-corrected chi connectivity index (χ3v) is 4.88. The summed E-state index contributed by atoms with van der Waals surface area (Å²) in [5.74, 6) is 0.705. The average molecular weight is 289 g/mol. The highest BCUT2D eigenvalue weighted by atomic mass is 32.1. The molecule has 3 rings (SSSR count). The van der Waals surface area contributed by atoms with Gasteiger partial charge in [-0.2, -0.15) is 0 Å². The minimum absolute atomic E-state index is 0.0226. The van der Waals surface area contributed by atoms with Crippen molar-refractivity contribution in [2.24, 2.45) is 5.92 Å². The number of hydrogen-bond donors (Lipinski definition) is 1. The normalized spacial score (nSPS) is 14.8. The van der Waals surface area contributed by atoms with Crippen LogP contribution < -0.4 is 5.73 Å². The molecular weight excluding hydrogens is 270 g/mol. The second kappa shape index (κ2) is 4.74. The van der Waals surface area contributed by atoms with Gasteiger partial charge in [0.1, 0.15) is 9.71 Å². The van der Waals surface area contributed by atoms with Gasteiger partial charge in [0.25, 0.3) is 5.91 Å². The maximum atomic E-state index is 12.5. The molecule has 1 fully saturated rings. The molecule has 2 heterocycles. The van der Waals surface area contributed by atoms with E-state index in [-0.39, 0.29) is 5.91 Å². The van der Waals surface area contributed by atoms with Gasteiger partial charge < -0.3 is 10.6 Å². The molecule has 0 spiro atoms. The fraction of sp³-hybridized carbons (Fsp3) is 0.467. The third-order valence-electron chi connectivity index (χ3n) is 3.79. The van der Waals surface area contributed by atoms with E-state index in [9.17, 15) is 4.79 Å². The zero-order valence-corrected chi connectivity index (χ0v) is 12.9. The molecule has 0 unspecified atom stereocenters. The van der Waals surface area contributed by atoms with E-state index in [1.165, 1.54) is 24.2 Å². The van der Waals surface area contributed by atoms with Gasteiger partial charge >= 0.3 is 0 Å². The van der Waals surface area contributed by atoms with Crippen LogP contribution in [0.25, 0.3) is 10.2 Å². The van der Waals surface area contributed by atoms with E-state index in [1.54, 1.807) is 4.90 Å². The SMILES string of the molecule is Cc1cc(C)c2c(N)c(C(=O)N(C)CC3CC3)sc2n1. The Hall–Kier alpha value is -1.62. The lowest BCUT2D eigenvalue weighted by Gasteiger charge is -2.15. The molecule has 2 N–H and O–H groups in total. The van der Waals surface area contributed by atoms with Crippen LogP contribution in [0.15, 0.2) is 6.07 Å². The van der Waals surface area contributed by atoms with Gasteiger partial charge in [-0.15, -0.1) is 11.3 Å². The first-order valence-corrected chi connectivity index (χ1v) is 7.70. The van der Waals surface area contributed by atoms with Crippen molar-refractivity contribution in [2.75, 3.05) is 19.3 Å². The minimum atomic E-state index is 0.0226. The van der Waals surface area contributed by atoms with Crippen LogP contribution in [0.1, 0.15) is 33.8 Å². The zero-order chi connectivity index (χ0) is 14.4. The summed E-state index contributed by atoms with van der Waals surface area (Å²) in [4.78, 5) is 20.3. The summed E-state index contributed by atoms with van der Waals surface area (Å²) < 4.78 is 0. The topological polar surface area (TPSA) is 59.2 Å². The smallest absolute Gasteiger partial charge is 0.265 e. The zero-order valence-electron chi connectivity index (χ0n) is 12.1. The van der Waals surface area contributed by atoms with E-state index in [0.29, 0.717) is 16.5 Å². The summed E-state index contributed by atoms with van der Waals surface area (Å²) in [5, 5.41) is 0.934. The van der Waals surface area contributed by atoms with Crippen molar-refractivity contribution in [1.82, 2.24) is 9.88 Å². The van der Waals surface area contributed by atoms with Crippen LogP contribution in [0.5, 0.6) is 0 Å². The van der Waals surface area contributed by atoms with Crippen molar-refractivity contribution < 1.29 is 4.79 Å². The molecular formula is C15H19N3OS. The average Bonchev–Trinajstić information content (AvgIpc) is 3.11. The molecule has 106 valence electrons. The molecule has 0 aromatic carbocycles. The number of carbonyl (C=O) groups is 1. The largest absolute Gasteiger partial charge is 0.397 e. The van der Waals surface area contributed by atoms with Crippen LogP contribution in [-0.2, 0) is 0 Å². The Kier molecular flexibility index (Phi) is 3.17. The molecule has 1 aliphatic carbocycles. The van der Waals surface area contributed by atoms with Crippen molar-refractivity contribution in [2.45, 2.75) is 26.7 Å². The van der Waals surface area contributed by atoms with Gasteiger partial charge in [0, 0.05) is 24.7 Å². The van der Waals surface area contributed by atoms with Gasteiger partial charge in [-0.25, -0.2) is 4.98 Å². The number of nitrogens with two attached hydrogens (primary N) is 1. The van der Waals surface area contributed by atoms with E-state index < -0.39 is 0 Å². The first-order valence-electron chi connectivity index (χ1n) is 6.89. The van der Waals surface area contributed by atoms with Crippen LogP contribution >= 0.6 is 11.3 Å². The lowest BCUT2D eigenvalue weighted by atomic mass is 10.1. The lowest BCUT2D eigenvalue weighted by Crippen LogP contribution is -2.28. The standard InChI is InChI=1S/C15H19N3OS/c1-8-6-9(2)17-14-11(8)12(16)13(20-14)15(19)18(3)7-10-4-5-10/h6,10H,4-5,7,16H2,1-3H3. The number of amides is 1. The van der Waals surface area contributed by atoms with Gasteiger partial charge in [0.15, 0.2) is 0 Å². The number of pyridine rings is 1. The maximum absolute atomic E-state index is 12.5. The molecule has 0 bridgehead atoms. The molecule has 0 atom stereocenters. The number of aromatic nitrogens is 1. The van der Waals surface area contributed by atoms with Crippen LogP contribution in [0.3, 0.4) is 0 Å². The highest BCUT2D eigenvalue weighted by Gasteiger charge is 2.27. The van der Waals surface area contributed by atoms with Crippen molar-refractivity contribution in [3.8, 4) is 0 Å². The van der Waals surface area contributed by atoms with Gasteiger partial charge in [-0.05, 0) is 44.2 Å². The number of rotatable bonds is 3. The molecule has 1 aliphatic rings. The Labute approximate surface area is 122 Å². The van der Waals surface area contributed by atoms with Crippen LogP contribution in [-0.4, -0.2) is 29.4 Å². The molecule has 2 aromatic heterocycles. The van der Waals surface area contributed by atoms with Crippen molar-refractivity contribution in [3.63, 3.8) is 0 Å². The minimum Gasteiger partial charge on any atom is -0.397 e. The Morgan fingerprint density at radius 1 is 1.50 bits per heavy atom. The Bertz CT molecular complexity index is 688. The second-order valence-electron chi connectivity index (χ2n) is 5.73. The molecule has 5 heteroatoms. The molecule has 0 radical (unpaired) electrons. The number of nitrogens with zero attached hydrogens (tertiary/aromatic N) is 2. The fourth-order valence-corrected chi connectivity index (χ4v) is 3.78. The second-order valence-corrected chi connectivity index (χ2v) is 6.73. The Balaban J connectivity index is 2.00. The fourth-order valence-electron chi connectivity index (χ4n) is 2.57. The van der Waals surface area contributed by atoms with E-state index in [4.69, 9.17) is 5.73 Å². The number of aryl methyl sites for hydroxylation is 2. The third kappa shape index (κ3) is 2.26. The monoisotopic (exact) mass is 289 g/mol. The Morgan fingerprint density at radius 2 is 2.20 bits per heavy atom. The summed E-state index contributed by atoms with van der Waals surface area (Å²) in [6.45, 7) is 4.81. The van der Waals surface area contributed by atoms with Crippen molar-refractivity contribution in [3.05, 3.63) is 22.2 Å². The highest BCUT2D eigenvalue weighted by molar-refractivity contribution is 7.21. The van der Waals surface area contributed by atoms with Gasteiger partial charge in [-0.3, -0.25) is 4.79 Å². The number of thiophene rings is 1. The van der Waals surface area contributed by atoms with E-state index in [2.05, 4.69) is 4.98 Å². The van der Waals surface area contributed by atoms with Crippen LogP contribution in [0.2, 0.25) is 0 Å². The summed E-state index contributed by atoms with van der Waals surface area (Å²) in [5.41, 5.74) is 8.83. The quantitative estimate of drug-likeness (QED) is 0.945. The summed E-state index contributed by atoms with van der Waals surface area (Å²) >= 11 is 1.41. The predicted octanol–water partition coefficient (Wildman–Crippen LogP) is 2.98. The molecule has 0 saturated heterocycles. The van der Waals surface area contributed by atoms with E-state index in [0.717, 1.165) is 28.0 Å². The summed E-state index contributed by atoms with van der Waals surface area (Å²) in [7, 11) is 1.86. The molecule has 1 amide bonds. The van der Waals surface area contributed by atoms with E-state index in [1.807, 2.05) is 27.0 Å². The highest BCUT2D eigenvalue weighted by Crippen LogP contribution is 2.36. The molecule has 1 saturated carbocycles. The number of anilines is 1. The molecule has 4 nitrogen and oxygen atoms in total. The van der Waals surface area contributed by atoms with Crippen molar-refractivity contribution in [1.29, 1.82) is 0 Å². The first-order chi connectivity index (χ1) is 9.47. The van der Waals surface area contributed by atoms with Gasteiger partial charge in [0.05, 0.1) is 5.69 Å². The summed E-state index contributed by atoms with van der Waals surface area (Å²) in [6.07, 6.45) is 2.47. The maximum Gasteiger partial charge on any atom is 0.265 e.